The zero-order valence-corrected chi connectivity index (χ0v) is 7.45. The van der Waals surface area contributed by atoms with Crippen molar-refractivity contribution in [2.75, 3.05) is 5.01 Å². The lowest BCUT2D eigenvalue weighted by atomic mass is 10.3. The van der Waals surface area contributed by atoms with Crippen molar-refractivity contribution in [3.8, 4) is 0 Å². The van der Waals surface area contributed by atoms with Gasteiger partial charge in [0, 0.05) is 5.02 Å². The molecule has 0 spiro atoms. The summed E-state index contributed by atoms with van der Waals surface area (Å²) in [5.41, 5.74) is 2.41. The van der Waals surface area contributed by atoms with Crippen LogP contribution in [0.15, 0.2) is 24.3 Å². The van der Waals surface area contributed by atoms with Crippen LogP contribution in [0.4, 0.5) is 10.5 Å². The van der Waals surface area contributed by atoms with Gasteiger partial charge in [0.1, 0.15) is 0 Å². The highest BCUT2D eigenvalue weighted by Gasteiger charge is 2.08. The molecule has 0 atom stereocenters. The van der Waals surface area contributed by atoms with Crippen LogP contribution in [-0.2, 0) is 0 Å². The molecule has 0 heterocycles. The molecule has 5 N–H and O–H groups in total. The average molecular weight is 201 g/mol. The number of carbonyl (C=O) groups is 1. The molecule has 0 unspecified atom stereocenters. The molecule has 0 aliphatic rings. The number of urea groups is 1. The Hall–Kier alpha value is -1.30. The van der Waals surface area contributed by atoms with E-state index in [1.165, 1.54) is 0 Å². The molecule has 0 fully saturated rings. The van der Waals surface area contributed by atoms with Gasteiger partial charge in [0.25, 0.3) is 0 Å². The Labute approximate surface area is 80.2 Å². The van der Waals surface area contributed by atoms with Crippen molar-refractivity contribution in [1.82, 2.24) is 5.43 Å². The Morgan fingerprint density at radius 1 is 1.38 bits per heavy atom. The van der Waals surface area contributed by atoms with Gasteiger partial charge in [-0.15, -0.1) is 0 Å². The molecule has 13 heavy (non-hydrogen) atoms. The van der Waals surface area contributed by atoms with Crippen LogP contribution in [0.5, 0.6) is 0 Å². The molecule has 0 radical (unpaired) electrons. The van der Waals surface area contributed by atoms with Crippen LogP contribution >= 0.6 is 11.6 Å². The van der Waals surface area contributed by atoms with Crippen LogP contribution in [0, 0.1) is 0 Å². The molecule has 0 saturated heterocycles. The van der Waals surface area contributed by atoms with Crippen molar-refractivity contribution in [3.05, 3.63) is 29.3 Å². The van der Waals surface area contributed by atoms with Gasteiger partial charge in [-0.05, 0) is 24.3 Å². The molecular formula is C7H9ClN4O. The molecule has 0 aliphatic carbocycles. The van der Waals surface area contributed by atoms with E-state index in [9.17, 15) is 4.79 Å². The lowest BCUT2D eigenvalue weighted by molar-refractivity contribution is 0.246. The first-order chi connectivity index (χ1) is 6.15. The largest absolute Gasteiger partial charge is 0.350 e. The molecule has 0 saturated carbocycles. The maximum absolute atomic E-state index is 10.9. The van der Waals surface area contributed by atoms with Gasteiger partial charge >= 0.3 is 6.03 Å². The SMILES string of the molecule is NNC(=O)N(N)c1ccc(Cl)cc1. The quantitative estimate of drug-likeness (QED) is 0.353. The number of hydrogen-bond donors (Lipinski definition) is 3. The number of nitrogens with zero attached hydrogens (tertiary/aromatic N) is 1. The summed E-state index contributed by atoms with van der Waals surface area (Å²) < 4.78 is 0. The minimum absolute atomic E-state index is 0.507. The van der Waals surface area contributed by atoms with Gasteiger partial charge in [0.15, 0.2) is 0 Å². The van der Waals surface area contributed by atoms with Crippen LogP contribution in [0.25, 0.3) is 0 Å². The first-order valence-electron chi connectivity index (χ1n) is 3.46. The van der Waals surface area contributed by atoms with Gasteiger partial charge in [0.2, 0.25) is 0 Å². The summed E-state index contributed by atoms with van der Waals surface area (Å²) in [6.45, 7) is 0. The number of carbonyl (C=O) groups excluding carboxylic acids is 1. The minimum atomic E-state index is -0.595. The van der Waals surface area contributed by atoms with Crippen molar-refractivity contribution >= 4 is 23.3 Å². The van der Waals surface area contributed by atoms with Crippen LogP contribution in [0.1, 0.15) is 0 Å². The summed E-state index contributed by atoms with van der Waals surface area (Å²) >= 11 is 5.65. The summed E-state index contributed by atoms with van der Waals surface area (Å²) in [4.78, 5) is 10.9. The highest BCUT2D eigenvalue weighted by molar-refractivity contribution is 6.30. The minimum Gasteiger partial charge on any atom is -0.274 e. The lowest BCUT2D eigenvalue weighted by Gasteiger charge is -2.15. The van der Waals surface area contributed by atoms with Crippen LogP contribution < -0.4 is 22.1 Å². The van der Waals surface area contributed by atoms with E-state index in [0.29, 0.717) is 10.7 Å². The maximum Gasteiger partial charge on any atom is 0.350 e. The second kappa shape index (κ2) is 4.08. The summed E-state index contributed by atoms with van der Waals surface area (Å²) in [6.07, 6.45) is 0. The van der Waals surface area contributed by atoms with Gasteiger partial charge in [-0.3, -0.25) is 5.43 Å². The number of hydrogen-bond acceptors (Lipinski definition) is 3. The second-order valence-corrected chi connectivity index (χ2v) is 2.73. The summed E-state index contributed by atoms with van der Waals surface area (Å²) in [7, 11) is 0. The third-order valence-corrected chi connectivity index (χ3v) is 1.70. The Morgan fingerprint density at radius 3 is 2.38 bits per heavy atom. The van der Waals surface area contributed by atoms with E-state index < -0.39 is 6.03 Å². The molecule has 0 aliphatic heterocycles. The number of benzene rings is 1. The molecule has 5 nitrogen and oxygen atoms in total. The number of hydrazine groups is 2. The zero-order chi connectivity index (χ0) is 9.84. The van der Waals surface area contributed by atoms with Crippen molar-refractivity contribution in [3.63, 3.8) is 0 Å². The maximum atomic E-state index is 10.9. The van der Waals surface area contributed by atoms with Crippen LogP contribution in [0.3, 0.4) is 0 Å². The molecule has 1 rings (SSSR count). The molecule has 70 valence electrons. The number of nitrogens with one attached hydrogen (secondary N) is 1. The van der Waals surface area contributed by atoms with Gasteiger partial charge < -0.3 is 0 Å². The molecule has 1 aromatic carbocycles. The van der Waals surface area contributed by atoms with Gasteiger partial charge in [-0.1, -0.05) is 11.6 Å². The topological polar surface area (TPSA) is 84.4 Å². The van der Waals surface area contributed by atoms with E-state index >= 15 is 0 Å². The Bertz CT molecular complexity index is 300. The fraction of sp³-hybridized carbons (Fsp3) is 0. The highest BCUT2D eigenvalue weighted by atomic mass is 35.5. The number of rotatable bonds is 1. The number of anilines is 1. The second-order valence-electron chi connectivity index (χ2n) is 2.30. The average Bonchev–Trinajstić information content (AvgIpc) is 2.17. The van der Waals surface area contributed by atoms with Crippen molar-refractivity contribution in [1.29, 1.82) is 0 Å². The van der Waals surface area contributed by atoms with E-state index in [1.54, 1.807) is 24.3 Å². The van der Waals surface area contributed by atoms with E-state index in [1.807, 2.05) is 5.43 Å². The molecule has 0 bridgehead atoms. The van der Waals surface area contributed by atoms with Gasteiger partial charge in [-0.2, -0.15) is 0 Å². The summed E-state index contributed by atoms with van der Waals surface area (Å²) in [6, 6.07) is 5.87. The number of halogens is 1. The molecule has 6 heteroatoms. The Kier molecular flexibility index (Phi) is 3.07. The normalized spacial score (nSPS) is 9.46. The van der Waals surface area contributed by atoms with E-state index in [2.05, 4.69) is 0 Å². The van der Waals surface area contributed by atoms with Crippen LogP contribution in [-0.4, -0.2) is 6.03 Å². The smallest absolute Gasteiger partial charge is 0.274 e. The lowest BCUT2D eigenvalue weighted by Crippen LogP contribution is -2.47. The van der Waals surface area contributed by atoms with Crippen molar-refractivity contribution in [2.45, 2.75) is 0 Å². The first-order valence-corrected chi connectivity index (χ1v) is 3.84. The van der Waals surface area contributed by atoms with E-state index in [-0.39, 0.29) is 0 Å². The first kappa shape index (κ1) is 9.79. The Balaban J connectivity index is 2.83. The fourth-order valence-electron chi connectivity index (χ4n) is 0.788. The van der Waals surface area contributed by atoms with Gasteiger partial charge in [0.05, 0.1) is 5.69 Å². The molecule has 2 amide bonds. The standard InChI is InChI=1S/C7H9ClN4O/c8-5-1-3-6(4-2-5)12(10)7(13)11-9/h1-4H,9-10H2,(H,11,13). The third kappa shape index (κ3) is 2.32. The predicted molar refractivity (Wildman–Crippen MR) is 50.8 cm³/mol. The summed E-state index contributed by atoms with van der Waals surface area (Å²) in [5, 5.41) is 1.46. The van der Waals surface area contributed by atoms with Crippen molar-refractivity contribution < 1.29 is 4.79 Å². The van der Waals surface area contributed by atoms with E-state index in [0.717, 1.165) is 5.01 Å². The number of amides is 2. The molecule has 1 aromatic rings. The molecule has 0 aromatic heterocycles. The number of nitrogens with two attached hydrogens (primary N) is 2. The van der Waals surface area contributed by atoms with Gasteiger partial charge in [-0.25, -0.2) is 21.5 Å². The summed E-state index contributed by atoms with van der Waals surface area (Å²) in [5.74, 6) is 10.3. The van der Waals surface area contributed by atoms with Crippen LogP contribution in [0.2, 0.25) is 5.02 Å². The predicted octanol–water partition coefficient (Wildman–Crippen LogP) is 0.603. The van der Waals surface area contributed by atoms with E-state index in [4.69, 9.17) is 23.3 Å². The highest BCUT2D eigenvalue weighted by Crippen LogP contribution is 2.15. The fourth-order valence-corrected chi connectivity index (χ4v) is 0.914. The Morgan fingerprint density at radius 2 is 1.92 bits per heavy atom. The van der Waals surface area contributed by atoms with Crippen molar-refractivity contribution in [2.24, 2.45) is 11.7 Å². The third-order valence-electron chi connectivity index (χ3n) is 1.45. The monoisotopic (exact) mass is 200 g/mol. The molecular weight excluding hydrogens is 192 g/mol. The zero-order valence-electron chi connectivity index (χ0n) is 6.70.